The second-order valence-corrected chi connectivity index (χ2v) is 10.5. The summed E-state index contributed by atoms with van der Waals surface area (Å²) in [5.41, 5.74) is 1.97. The Hall–Kier alpha value is -4.61. The van der Waals surface area contributed by atoms with Crippen LogP contribution in [0, 0.1) is 0 Å². The predicted octanol–water partition coefficient (Wildman–Crippen LogP) is 3.51. The number of nitrogens with zero attached hydrogens (tertiary/aromatic N) is 4. The van der Waals surface area contributed by atoms with Gasteiger partial charge in [-0.2, -0.15) is 0 Å². The van der Waals surface area contributed by atoms with Crippen LogP contribution < -0.4 is 5.56 Å². The van der Waals surface area contributed by atoms with Crippen molar-refractivity contribution in [3.05, 3.63) is 56.9 Å². The molecule has 0 fully saturated rings. The summed E-state index contributed by atoms with van der Waals surface area (Å²) in [6, 6.07) is 6.68. The average molecular weight is 579 g/mol. The number of hydrogen-bond acceptors (Lipinski definition) is 9. The van der Waals surface area contributed by atoms with Crippen molar-refractivity contribution in [3.8, 4) is 17.1 Å². The van der Waals surface area contributed by atoms with Gasteiger partial charge in [0.05, 0.1) is 35.6 Å². The lowest BCUT2D eigenvalue weighted by Gasteiger charge is -2.36. The van der Waals surface area contributed by atoms with E-state index in [0.717, 1.165) is 16.5 Å². The molecule has 0 saturated carbocycles. The van der Waals surface area contributed by atoms with Gasteiger partial charge >= 0.3 is 18.2 Å². The Morgan fingerprint density at radius 1 is 1.07 bits per heavy atom. The molecule has 2 aromatic heterocycles. The molecule has 1 aromatic carbocycles. The number of phenolic OH excluding ortho intramolecular Hbond substituents is 1. The second-order valence-electron chi connectivity index (χ2n) is 10.5. The fourth-order valence-electron chi connectivity index (χ4n) is 5.65. The van der Waals surface area contributed by atoms with Gasteiger partial charge in [0.25, 0.3) is 5.56 Å². The van der Waals surface area contributed by atoms with Gasteiger partial charge in [-0.3, -0.25) is 4.79 Å². The maximum absolute atomic E-state index is 13.8. The van der Waals surface area contributed by atoms with Crippen molar-refractivity contribution in [3.63, 3.8) is 0 Å². The minimum Gasteiger partial charge on any atom is -0.508 e. The molecule has 12 nitrogen and oxygen atoms in total. The van der Waals surface area contributed by atoms with Gasteiger partial charge in [0.2, 0.25) is 5.60 Å². The van der Waals surface area contributed by atoms with E-state index in [0.29, 0.717) is 23.3 Å². The number of pyridine rings is 2. The van der Waals surface area contributed by atoms with Crippen LogP contribution in [0.3, 0.4) is 0 Å². The summed E-state index contributed by atoms with van der Waals surface area (Å²) in [6.45, 7) is 5.94. The van der Waals surface area contributed by atoms with E-state index in [2.05, 4.69) is 0 Å². The number of aryl methyl sites for hydroxylation is 1. The Kier molecular flexibility index (Phi) is 7.56. The van der Waals surface area contributed by atoms with Gasteiger partial charge in [0.1, 0.15) is 12.4 Å². The van der Waals surface area contributed by atoms with Crippen molar-refractivity contribution in [2.24, 2.45) is 0 Å². The van der Waals surface area contributed by atoms with Gasteiger partial charge in [0.15, 0.2) is 0 Å². The molecule has 1 atom stereocenters. The van der Waals surface area contributed by atoms with Gasteiger partial charge < -0.3 is 33.7 Å². The number of esters is 1. The molecule has 0 bridgehead atoms. The molecule has 1 N–H and O–H groups in total. The number of aromatic nitrogens is 2. The summed E-state index contributed by atoms with van der Waals surface area (Å²) in [5.74, 6) is -0.633. The highest BCUT2D eigenvalue weighted by Gasteiger charge is 2.51. The third kappa shape index (κ3) is 4.60. The topological polar surface area (TPSA) is 140 Å². The van der Waals surface area contributed by atoms with Crippen LogP contribution in [0.4, 0.5) is 9.59 Å². The summed E-state index contributed by atoms with van der Waals surface area (Å²) in [7, 11) is 3.04. The van der Waals surface area contributed by atoms with Gasteiger partial charge in [-0.1, -0.05) is 13.8 Å². The standard InChI is InChI=1S/C30H34N4O8/c1-6-18-19-13-17(35)9-10-23(19)31-25-20(18)15-34-24(25)14-22-21(26(34)36)16-41-27(37)30(22,7-2)42-29(39)33(5)12-11-32(4)28(38)40-8-3/h9-10,13-14,35H,6-8,11-12,15-16H2,1-5H3/t30-/m0/s1. The SMILES string of the molecule is CCOC(=O)N(C)CCN(C)C(=O)O[C@]1(CC)C(=O)OCc2c1cc1n(c2=O)Cc2c-1nc1ccc(O)cc1c2CC. The van der Waals surface area contributed by atoms with Crippen molar-refractivity contribution in [2.75, 3.05) is 33.8 Å². The maximum atomic E-state index is 13.8. The number of carbonyl (C=O) groups is 3. The Morgan fingerprint density at radius 2 is 1.79 bits per heavy atom. The van der Waals surface area contributed by atoms with E-state index in [9.17, 15) is 24.3 Å². The van der Waals surface area contributed by atoms with Crippen molar-refractivity contribution >= 4 is 29.1 Å². The zero-order valence-corrected chi connectivity index (χ0v) is 24.4. The van der Waals surface area contributed by atoms with E-state index in [-0.39, 0.29) is 61.7 Å². The molecule has 4 heterocycles. The first kappa shape index (κ1) is 28.9. The molecule has 12 heteroatoms. The van der Waals surface area contributed by atoms with Crippen molar-refractivity contribution in [2.45, 2.75) is 52.4 Å². The van der Waals surface area contributed by atoms with Crippen LogP contribution in [0.2, 0.25) is 0 Å². The van der Waals surface area contributed by atoms with Gasteiger partial charge in [-0.15, -0.1) is 0 Å². The highest BCUT2D eigenvalue weighted by molar-refractivity contribution is 5.90. The maximum Gasteiger partial charge on any atom is 0.411 e. The molecule has 2 amide bonds. The summed E-state index contributed by atoms with van der Waals surface area (Å²) in [4.78, 5) is 59.8. The highest BCUT2D eigenvalue weighted by atomic mass is 16.6. The smallest absolute Gasteiger partial charge is 0.411 e. The zero-order chi connectivity index (χ0) is 30.3. The highest BCUT2D eigenvalue weighted by Crippen LogP contribution is 2.42. The van der Waals surface area contributed by atoms with Crippen LogP contribution in [0.15, 0.2) is 29.1 Å². The van der Waals surface area contributed by atoms with E-state index in [4.69, 9.17) is 19.2 Å². The molecular weight excluding hydrogens is 544 g/mol. The molecule has 3 aromatic rings. The number of rotatable bonds is 7. The number of fused-ring (bicyclic) bond motifs is 5. The molecule has 0 spiro atoms. The lowest BCUT2D eigenvalue weighted by molar-refractivity contribution is -0.173. The van der Waals surface area contributed by atoms with Crippen molar-refractivity contribution in [1.29, 1.82) is 0 Å². The molecule has 0 aliphatic carbocycles. The Balaban J connectivity index is 1.54. The third-order valence-electron chi connectivity index (χ3n) is 8.03. The molecule has 0 saturated heterocycles. The number of likely N-dealkylation sites (N-methyl/N-ethyl adjacent to an activating group) is 2. The first-order valence-electron chi connectivity index (χ1n) is 14.0. The van der Waals surface area contributed by atoms with Gasteiger partial charge in [-0.05, 0) is 49.6 Å². The number of cyclic esters (lactones) is 1. The fourth-order valence-corrected chi connectivity index (χ4v) is 5.65. The lowest BCUT2D eigenvalue weighted by atomic mass is 9.85. The average Bonchev–Trinajstić information content (AvgIpc) is 3.34. The van der Waals surface area contributed by atoms with E-state index in [1.165, 1.54) is 16.8 Å². The number of hydrogen-bond donors (Lipinski definition) is 1. The summed E-state index contributed by atoms with van der Waals surface area (Å²) >= 11 is 0. The molecule has 42 heavy (non-hydrogen) atoms. The molecule has 2 aliphatic rings. The third-order valence-corrected chi connectivity index (χ3v) is 8.03. The molecule has 2 aliphatic heterocycles. The van der Waals surface area contributed by atoms with E-state index < -0.39 is 23.8 Å². The largest absolute Gasteiger partial charge is 0.508 e. The quantitative estimate of drug-likeness (QED) is 0.258. The molecule has 222 valence electrons. The fraction of sp³-hybridized carbons (Fsp3) is 0.433. The summed E-state index contributed by atoms with van der Waals surface area (Å²) < 4.78 is 17.9. The van der Waals surface area contributed by atoms with Crippen LogP contribution in [-0.4, -0.2) is 76.4 Å². The summed E-state index contributed by atoms with van der Waals surface area (Å²) in [6.07, 6.45) is -0.643. The lowest BCUT2D eigenvalue weighted by Crippen LogP contribution is -2.49. The summed E-state index contributed by atoms with van der Waals surface area (Å²) in [5, 5.41) is 10.9. The van der Waals surface area contributed by atoms with Crippen LogP contribution in [0.5, 0.6) is 5.75 Å². The molecule has 0 radical (unpaired) electrons. The molecule has 5 rings (SSSR count). The van der Waals surface area contributed by atoms with Gasteiger partial charge in [0, 0.05) is 43.7 Å². The number of benzene rings is 1. The first-order chi connectivity index (χ1) is 20.1. The Bertz CT molecular complexity index is 1670. The van der Waals surface area contributed by atoms with Gasteiger partial charge in [-0.25, -0.2) is 19.4 Å². The number of carbonyl (C=O) groups excluding carboxylic acids is 3. The van der Waals surface area contributed by atoms with Crippen LogP contribution in [-0.2, 0) is 44.2 Å². The minimum atomic E-state index is -1.85. The van der Waals surface area contributed by atoms with Crippen LogP contribution in [0.25, 0.3) is 22.3 Å². The molecular formula is C30H34N4O8. The number of ether oxygens (including phenoxy) is 3. The van der Waals surface area contributed by atoms with Crippen molar-refractivity contribution < 1.29 is 33.7 Å². The van der Waals surface area contributed by atoms with E-state index in [1.807, 2.05) is 6.92 Å². The number of phenols is 1. The molecule has 0 unspecified atom stereocenters. The van der Waals surface area contributed by atoms with Crippen LogP contribution >= 0.6 is 0 Å². The van der Waals surface area contributed by atoms with Crippen molar-refractivity contribution in [1.82, 2.24) is 19.4 Å². The monoisotopic (exact) mass is 578 g/mol. The normalized spacial score (nSPS) is 16.7. The number of aromatic hydroxyl groups is 1. The van der Waals surface area contributed by atoms with E-state index in [1.54, 1.807) is 49.7 Å². The first-order valence-corrected chi connectivity index (χ1v) is 14.0. The number of amides is 2. The van der Waals surface area contributed by atoms with Crippen LogP contribution in [0.1, 0.15) is 49.4 Å². The zero-order valence-electron chi connectivity index (χ0n) is 24.4. The predicted molar refractivity (Wildman–Crippen MR) is 152 cm³/mol. The second kappa shape index (κ2) is 11.0. The Labute approximate surface area is 242 Å². The Morgan fingerprint density at radius 3 is 2.45 bits per heavy atom. The van der Waals surface area contributed by atoms with E-state index >= 15 is 0 Å². The minimum absolute atomic E-state index is 0.0293.